The number of piperidine rings is 2. The standard InChI is InChI=1S/C35H44ClN9O5/c1-20-16-25(41-11-6-22(37)7-12-41)19-28-30(20)40-32(39-28)29-26(36)10-15-43(33(29)46)44(34(47)50-35(3,4)5)23-8-13-42(14-9-23)24-17-21(2)31(45(48)49)27(38)18-24/h10,15-19,22-23H,6-9,11-14,37-38H2,1-5H3,(H,39,40). The fourth-order valence-electron chi connectivity index (χ4n) is 6.93. The number of benzene rings is 2. The number of pyridine rings is 1. The lowest BCUT2D eigenvalue weighted by molar-refractivity contribution is -0.384. The number of hydrogen-bond acceptors (Lipinski definition) is 10. The van der Waals surface area contributed by atoms with Gasteiger partial charge in [-0.3, -0.25) is 14.9 Å². The molecule has 2 saturated heterocycles. The van der Waals surface area contributed by atoms with Gasteiger partial charge >= 0.3 is 6.09 Å². The molecule has 2 aliphatic heterocycles. The number of rotatable bonds is 6. The number of hydrogen-bond donors (Lipinski definition) is 3. The van der Waals surface area contributed by atoms with E-state index in [0.717, 1.165) is 53.9 Å². The van der Waals surface area contributed by atoms with Gasteiger partial charge in [0, 0.05) is 55.4 Å². The number of nitrogens with one attached hydrogen (secondary N) is 1. The van der Waals surface area contributed by atoms with Crippen molar-refractivity contribution in [3.63, 3.8) is 0 Å². The van der Waals surface area contributed by atoms with E-state index in [1.54, 1.807) is 45.9 Å². The summed E-state index contributed by atoms with van der Waals surface area (Å²) >= 11 is 6.70. The van der Waals surface area contributed by atoms with Crippen LogP contribution in [-0.2, 0) is 4.74 Å². The van der Waals surface area contributed by atoms with Crippen molar-refractivity contribution in [1.82, 2.24) is 14.6 Å². The van der Waals surface area contributed by atoms with Crippen LogP contribution in [-0.4, -0.2) is 69.5 Å². The smallest absolute Gasteiger partial charge is 0.429 e. The number of nitrogen functional groups attached to an aromatic ring is 1. The van der Waals surface area contributed by atoms with Crippen molar-refractivity contribution in [3.8, 4) is 11.4 Å². The minimum Gasteiger partial charge on any atom is -0.442 e. The monoisotopic (exact) mass is 705 g/mol. The number of anilines is 3. The van der Waals surface area contributed by atoms with E-state index in [-0.39, 0.29) is 28.0 Å². The van der Waals surface area contributed by atoms with E-state index in [0.29, 0.717) is 37.3 Å². The summed E-state index contributed by atoms with van der Waals surface area (Å²) in [7, 11) is 0. The fourth-order valence-corrected chi connectivity index (χ4v) is 7.15. The molecule has 2 aliphatic rings. The zero-order valence-corrected chi connectivity index (χ0v) is 29.8. The Kier molecular flexibility index (Phi) is 9.44. The highest BCUT2D eigenvalue weighted by atomic mass is 35.5. The third-order valence-corrected chi connectivity index (χ3v) is 9.73. The summed E-state index contributed by atoms with van der Waals surface area (Å²) < 4.78 is 7.09. The second-order valence-electron chi connectivity index (χ2n) is 14.3. The van der Waals surface area contributed by atoms with Crippen molar-refractivity contribution < 1.29 is 14.5 Å². The average Bonchev–Trinajstić information content (AvgIpc) is 3.46. The third kappa shape index (κ3) is 6.94. The van der Waals surface area contributed by atoms with Gasteiger partial charge in [0.1, 0.15) is 22.7 Å². The molecule has 0 atom stereocenters. The molecule has 6 rings (SSSR count). The number of nitrogens with two attached hydrogens (primary N) is 2. The van der Waals surface area contributed by atoms with Crippen molar-refractivity contribution in [2.75, 3.05) is 46.7 Å². The molecular weight excluding hydrogens is 662 g/mol. The summed E-state index contributed by atoms with van der Waals surface area (Å²) in [6, 6.07) is 8.86. The first-order valence-electron chi connectivity index (χ1n) is 16.9. The Bertz CT molecular complexity index is 1980. The van der Waals surface area contributed by atoms with Gasteiger partial charge in [0.05, 0.1) is 27.0 Å². The zero-order valence-electron chi connectivity index (χ0n) is 29.0. The van der Waals surface area contributed by atoms with Gasteiger partial charge in [0.25, 0.3) is 11.2 Å². The van der Waals surface area contributed by atoms with Crippen LogP contribution in [0.15, 0.2) is 41.3 Å². The molecule has 0 aliphatic carbocycles. The van der Waals surface area contributed by atoms with Crippen LogP contribution in [0.2, 0.25) is 5.02 Å². The molecule has 0 spiro atoms. The summed E-state index contributed by atoms with van der Waals surface area (Å²) in [5.41, 5.74) is 15.7. The Hall–Kier alpha value is -4.82. The molecule has 0 bridgehead atoms. The van der Waals surface area contributed by atoms with Crippen LogP contribution in [0.25, 0.3) is 22.4 Å². The Morgan fingerprint density at radius 2 is 1.64 bits per heavy atom. The average molecular weight is 706 g/mol. The zero-order chi connectivity index (χ0) is 36.1. The number of H-pyrrole nitrogens is 1. The minimum atomic E-state index is -0.823. The molecule has 2 fully saturated rings. The molecule has 15 heteroatoms. The molecule has 4 aromatic rings. The van der Waals surface area contributed by atoms with Gasteiger partial charge in [-0.2, -0.15) is 0 Å². The maximum absolute atomic E-state index is 14.4. The SMILES string of the molecule is Cc1cc(N2CCC(N(C(=O)OC(C)(C)C)n3ccc(Cl)c(-c4nc5c(C)cc(N6CCC(N)CC6)cc5[nH]4)c3=O)CC2)cc(N)c1[N+](=O)[O-]. The van der Waals surface area contributed by atoms with E-state index < -0.39 is 28.2 Å². The van der Waals surface area contributed by atoms with Crippen molar-refractivity contribution in [2.45, 2.75) is 78.0 Å². The minimum absolute atomic E-state index is 0.0935. The highest BCUT2D eigenvalue weighted by Gasteiger charge is 2.35. The number of amides is 1. The maximum atomic E-state index is 14.4. The topological polar surface area (TPSA) is 182 Å². The van der Waals surface area contributed by atoms with E-state index in [2.05, 4.69) is 20.9 Å². The molecule has 0 unspecified atom stereocenters. The predicted octanol–water partition coefficient (Wildman–Crippen LogP) is 5.62. The quantitative estimate of drug-likeness (QED) is 0.129. The molecule has 14 nitrogen and oxygen atoms in total. The number of imidazole rings is 1. The molecule has 266 valence electrons. The molecule has 0 radical (unpaired) electrons. The van der Waals surface area contributed by atoms with Crippen LogP contribution in [0, 0.1) is 24.0 Å². The number of aryl methyl sites for hydroxylation is 2. The van der Waals surface area contributed by atoms with Crippen molar-refractivity contribution in [3.05, 3.63) is 73.1 Å². The molecule has 0 saturated carbocycles. The number of aromatic nitrogens is 3. The lowest BCUT2D eigenvalue weighted by atomic mass is 10.0. The van der Waals surface area contributed by atoms with Gasteiger partial charge in [-0.1, -0.05) is 11.6 Å². The molecule has 5 N–H and O–H groups in total. The van der Waals surface area contributed by atoms with Gasteiger partial charge in [0.2, 0.25) is 0 Å². The number of nitro groups is 1. The summed E-state index contributed by atoms with van der Waals surface area (Å²) in [5.74, 6) is 0.301. The molecule has 1 amide bonds. The molecular formula is C35H44ClN9O5. The van der Waals surface area contributed by atoms with Gasteiger partial charge < -0.3 is 31.0 Å². The number of nitrogens with zero attached hydrogens (tertiary/aromatic N) is 6. The highest BCUT2D eigenvalue weighted by molar-refractivity contribution is 6.33. The molecule has 4 heterocycles. The number of fused-ring (bicyclic) bond motifs is 1. The second kappa shape index (κ2) is 13.5. The van der Waals surface area contributed by atoms with Crippen LogP contribution in [0.3, 0.4) is 0 Å². The number of halogens is 1. The highest BCUT2D eigenvalue weighted by Crippen LogP contribution is 2.34. The number of aromatic amines is 1. The molecule has 2 aromatic carbocycles. The largest absolute Gasteiger partial charge is 0.442 e. The van der Waals surface area contributed by atoms with E-state index in [4.69, 9.17) is 32.8 Å². The van der Waals surface area contributed by atoms with E-state index >= 15 is 0 Å². The number of carbonyl (C=O) groups is 1. The van der Waals surface area contributed by atoms with Crippen molar-refractivity contribution >= 4 is 51.5 Å². The van der Waals surface area contributed by atoms with Gasteiger partial charge in [0.15, 0.2) is 0 Å². The third-order valence-electron chi connectivity index (χ3n) is 9.41. The van der Waals surface area contributed by atoms with Crippen LogP contribution >= 0.6 is 11.6 Å². The first-order valence-corrected chi connectivity index (χ1v) is 17.2. The van der Waals surface area contributed by atoms with Crippen molar-refractivity contribution in [1.29, 1.82) is 0 Å². The van der Waals surface area contributed by atoms with Gasteiger partial charge in [-0.15, -0.1) is 0 Å². The summed E-state index contributed by atoms with van der Waals surface area (Å²) in [6.45, 7) is 11.7. The van der Waals surface area contributed by atoms with Crippen LogP contribution < -0.4 is 31.8 Å². The van der Waals surface area contributed by atoms with E-state index in [1.165, 1.54) is 15.9 Å². The Morgan fingerprint density at radius 3 is 2.24 bits per heavy atom. The van der Waals surface area contributed by atoms with Crippen LogP contribution in [0.4, 0.5) is 27.5 Å². The Labute approximate surface area is 295 Å². The Morgan fingerprint density at radius 1 is 1.04 bits per heavy atom. The second-order valence-corrected chi connectivity index (χ2v) is 14.7. The van der Waals surface area contributed by atoms with E-state index in [1.807, 2.05) is 13.0 Å². The first-order chi connectivity index (χ1) is 23.6. The number of nitro benzene ring substituents is 1. The Balaban J connectivity index is 1.33. The number of ether oxygens (including phenoxy) is 1. The van der Waals surface area contributed by atoms with Gasteiger partial charge in [-0.05, 0) is 96.2 Å². The summed E-state index contributed by atoms with van der Waals surface area (Å²) in [6.07, 6.45) is 3.61. The van der Waals surface area contributed by atoms with Crippen LogP contribution in [0.1, 0.15) is 57.6 Å². The molecule has 2 aromatic heterocycles. The molecule has 50 heavy (non-hydrogen) atoms. The van der Waals surface area contributed by atoms with Crippen LogP contribution in [0.5, 0.6) is 0 Å². The van der Waals surface area contributed by atoms with E-state index in [9.17, 15) is 19.7 Å². The summed E-state index contributed by atoms with van der Waals surface area (Å²) in [4.78, 5) is 51.7. The predicted molar refractivity (Wildman–Crippen MR) is 197 cm³/mol. The lowest BCUT2D eigenvalue weighted by Gasteiger charge is -2.40. The number of carbonyl (C=O) groups excluding carboxylic acids is 1. The first kappa shape index (κ1) is 35.0. The van der Waals surface area contributed by atoms with Crippen molar-refractivity contribution in [2.24, 2.45) is 5.73 Å². The summed E-state index contributed by atoms with van der Waals surface area (Å²) in [5, 5.41) is 13.0. The lowest BCUT2D eigenvalue weighted by Crippen LogP contribution is -2.57. The maximum Gasteiger partial charge on any atom is 0.429 e. The fraction of sp³-hybridized carbons (Fsp3) is 0.457. The normalized spacial score (nSPS) is 16.2. The van der Waals surface area contributed by atoms with Gasteiger partial charge in [-0.25, -0.2) is 19.5 Å².